The number of anilines is 2. The van der Waals surface area contributed by atoms with Gasteiger partial charge in [0.05, 0.1) is 11.4 Å². The quantitative estimate of drug-likeness (QED) is 0.877. The second-order valence-electron chi connectivity index (χ2n) is 7.29. The molecule has 2 aromatic carbocycles. The summed E-state index contributed by atoms with van der Waals surface area (Å²) < 4.78 is 23.3. The van der Waals surface area contributed by atoms with Crippen LogP contribution in [-0.2, 0) is 27.7 Å². The lowest BCUT2D eigenvalue weighted by molar-refractivity contribution is -0.117. The number of carbonyl (C=O) groups excluding carboxylic acids is 1. The minimum absolute atomic E-state index is 0.0310. The van der Waals surface area contributed by atoms with Crippen molar-refractivity contribution in [2.45, 2.75) is 37.1 Å². The summed E-state index contributed by atoms with van der Waals surface area (Å²) in [6, 6.07) is 13.1. The van der Waals surface area contributed by atoms with Crippen LogP contribution in [0.5, 0.6) is 0 Å². The predicted molar refractivity (Wildman–Crippen MR) is 105 cm³/mol. The van der Waals surface area contributed by atoms with Crippen molar-refractivity contribution >= 4 is 27.3 Å². The number of rotatable bonds is 3. The van der Waals surface area contributed by atoms with Crippen LogP contribution < -0.4 is 14.9 Å². The van der Waals surface area contributed by atoms with Crippen molar-refractivity contribution in [3.8, 4) is 0 Å². The van der Waals surface area contributed by atoms with Crippen LogP contribution in [0.2, 0.25) is 0 Å². The molecule has 7 heteroatoms. The molecule has 0 bridgehead atoms. The van der Waals surface area contributed by atoms with E-state index in [1.54, 1.807) is 12.1 Å². The van der Waals surface area contributed by atoms with Gasteiger partial charge in [-0.05, 0) is 55.5 Å². The fourth-order valence-corrected chi connectivity index (χ4v) is 4.61. The van der Waals surface area contributed by atoms with Crippen molar-refractivity contribution in [2.75, 3.05) is 22.9 Å². The monoisotopic (exact) mass is 385 g/mol. The maximum Gasteiger partial charge on any atom is 0.246 e. The number of primary sulfonamides is 1. The van der Waals surface area contributed by atoms with Crippen molar-refractivity contribution < 1.29 is 13.2 Å². The molecule has 0 saturated carbocycles. The highest BCUT2D eigenvalue weighted by Gasteiger charge is 2.31. The van der Waals surface area contributed by atoms with Crippen molar-refractivity contribution in [2.24, 2.45) is 5.14 Å². The number of para-hydroxylation sites is 1. The molecule has 1 amide bonds. The normalized spacial score (nSPS) is 19.0. The second kappa shape index (κ2) is 6.65. The van der Waals surface area contributed by atoms with E-state index in [2.05, 4.69) is 13.0 Å². The van der Waals surface area contributed by atoms with Crippen molar-refractivity contribution in [1.29, 1.82) is 0 Å². The minimum atomic E-state index is -3.77. The van der Waals surface area contributed by atoms with Crippen LogP contribution in [0.3, 0.4) is 0 Å². The number of hydrogen-bond donors (Lipinski definition) is 1. The van der Waals surface area contributed by atoms with Gasteiger partial charge in [-0.15, -0.1) is 0 Å². The summed E-state index contributed by atoms with van der Waals surface area (Å²) in [5.74, 6) is 0.0310. The van der Waals surface area contributed by atoms with Crippen LogP contribution >= 0.6 is 0 Å². The number of sulfonamides is 1. The van der Waals surface area contributed by atoms with E-state index in [0.717, 1.165) is 36.2 Å². The van der Waals surface area contributed by atoms with Gasteiger partial charge < -0.3 is 9.80 Å². The van der Waals surface area contributed by atoms with E-state index in [9.17, 15) is 13.2 Å². The molecular formula is C20H23N3O3S. The second-order valence-corrected chi connectivity index (χ2v) is 8.85. The van der Waals surface area contributed by atoms with Gasteiger partial charge in [-0.3, -0.25) is 4.79 Å². The summed E-state index contributed by atoms with van der Waals surface area (Å²) in [5, 5.41) is 5.26. The Hall–Kier alpha value is -2.38. The van der Waals surface area contributed by atoms with Crippen LogP contribution in [0.1, 0.15) is 24.5 Å². The minimum Gasteiger partial charge on any atom is -0.362 e. The number of amides is 1. The first kappa shape index (κ1) is 18.0. The Kier molecular flexibility index (Phi) is 4.44. The SMILES string of the molecule is CC1CCc2ccccc2N1C(=O)CN1CCc2ccc(S(N)(=O)=O)cc21. The summed E-state index contributed by atoms with van der Waals surface area (Å²) in [6.07, 6.45) is 2.71. The zero-order chi connectivity index (χ0) is 19.2. The average molecular weight is 385 g/mol. The molecule has 0 radical (unpaired) electrons. The molecule has 1 unspecified atom stereocenters. The first-order valence-electron chi connectivity index (χ1n) is 9.15. The third-order valence-electron chi connectivity index (χ3n) is 5.50. The molecule has 2 N–H and O–H groups in total. The highest BCUT2D eigenvalue weighted by molar-refractivity contribution is 7.89. The van der Waals surface area contributed by atoms with E-state index in [4.69, 9.17) is 5.14 Å². The molecular weight excluding hydrogens is 362 g/mol. The van der Waals surface area contributed by atoms with E-state index < -0.39 is 10.0 Å². The van der Waals surface area contributed by atoms with Crippen molar-refractivity contribution in [1.82, 2.24) is 0 Å². The number of aryl methyl sites for hydroxylation is 1. The highest BCUT2D eigenvalue weighted by atomic mass is 32.2. The summed E-state index contributed by atoms with van der Waals surface area (Å²) in [6.45, 7) is 2.99. The van der Waals surface area contributed by atoms with Gasteiger partial charge in [-0.2, -0.15) is 0 Å². The fourth-order valence-electron chi connectivity index (χ4n) is 4.07. The standard InChI is InChI=1S/C20H23N3O3S/c1-14-6-7-15-4-2-3-5-18(15)23(14)20(24)13-22-11-10-16-8-9-17(12-19(16)22)27(21,25)26/h2-5,8-9,12,14H,6-7,10-11,13H2,1H3,(H2,21,25,26). The maximum atomic E-state index is 13.2. The van der Waals surface area contributed by atoms with Crippen molar-refractivity contribution in [3.05, 3.63) is 53.6 Å². The van der Waals surface area contributed by atoms with Crippen LogP contribution in [0.25, 0.3) is 0 Å². The van der Waals surface area contributed by atoms with E-state index in [1.807, 2.05) is 28.0 Å². The van der Waals surface area contributed by atoms with Gasteiger partial charge in [0.15, 0.2) is 0 Å². The Bertz CT molecular complexity index is 1000. The molecule has 2 aromatic rings. The number of nitrogens with two attached hydrogens (primary N) is 1. The first-order chi connectivity index (χ1) is 12.8. The molecule has 4 rings (SSSR count). The molecule has 0 aromatic heterocycles. The van der Waals surface area contributed by atoms with E-state index in [0.29, 0.717) is 6.54 Å². The van der Waals surface area contributed by atoms with Crippen LogP contribution in [-0.4, -0.2) is 33.5 Å². The zero-order valence-electron chi connectivity index (χ0n) is 15.3. The molecule has 0 spiro atoms. The molecule has 27 heavy (non-hydrogen) atoms. The zero-order valence-corrected chi connectivity index (χ0v) is 16.1. The topological polar surface area (TPSA) is 83.7 Å². The van der Waals surface area contributed by atoms with Crippen LogP contribution in [0, 0.1) is 0 Å². The van der Waals surface area contributed by atoms with Gasteiger partial charge in [0.2, 0.25) is 15.9 Å². The Balaban J connectivity index is 1.61. The molecule has 0 saturated heterocycles. The summed E-state index contributed by atoms with van der Waals surface area (Å²) in [5.41, 5.74) is 4.01. The van der Waals surface area contributed by atoms with Gasteiger partial charge in [-0.1, -0.05) is 24.3 Å². The summed E-state index contributed by atoms with van der Waals surface area (Å²) in [4.78, 5) is 17.1. The van der Waals surface area contributed by atoms with Gasteiger partial charge in [-0.25, -0.2) is 13.6 Å². The summed E-state index contributed by atoms with van der Waals surface area (Å²) >= 11 is 0. The molecule has 0 fully saturated rings. The predicted octanol–water partition coefficient (Wildman–Crippen LogP) is 2.06. The number of fused-ring (bicyclic) bond motifs is 2. The van der Waals surface area contributed by atoms with Crippen molar-refractivity contribution in [3.63, 3.8) is 0 Å². The van der Waals surface area contributed by atoms with E-state index >= 15 is 0 Å². The molecule has 1 atom stereocenters. The maximum absolute atomic E-state index is 13.2. The van der Waals surface area contributed by atoms with Crippen LogP contribution in [0.4, 0.5) is 11.4 Å². The first-order valence-corrected chi connectivity index (χ1v) is 10.7. The molecule has 6 nitrogen and oxygen atoms in total. The number of benzene rings is 2. The Morgan fingerprint density at radius 3 is 2.63 bits per heavy atom. The fraction of sp³-hybridized carbons (Fsp3) is 0.350. The van der Waals surface area contributed by atoms with Gasteiger partial charge in [0.25, 0.3) is 0 Å². The lowest BCUT2D eigenvalue weighted by Gasteiger charge is -2.36. The van der Waals surface area contributed by atoms with Crippen LogP contribution in [0.15, 0.2) is 47.4 Å². The Labute approximate surface area is 159 Å². The third kappa shape index (κ3) is 3.33. The lowest BCUT2D eigenvalue weighted by atomic mass is 9.96. The smallest absolute Gasteiger partial charge is 0.246 e. The molecule has 2 heterocycles. The van der Waals surface area contributed by atoms with Gasteiger partial charge in [0.1, 0.15) is 0 Å². The lowest BCUT2D eigenvalue weighted by Crippen LogP contribution is -2.47. The Morgan fingerprint density at radius 2 is 1.85 bits per heavy atom. The van der Waals surface area contributed by atoms with Gasteiger partial charge in [0, 0.05) is 24.0 Å². The number of nitrogens with zero attached hydrogens (tertiary/aromatic N) is 2. The molecule has 0 aliphatic carbocycles. The highest BCUT2D eigenvalue weighted by Crippen LogP contribution is 2.33. The van der Waals surface area contributed by atoms with Gasteiger partial charge >= 0.3 is 0 Å². The molecule has 2 aliphatic heterocycles. The average Bonchev–Trinajstić information content (AvgIpc) is 3.03. The summed E-state index contributed by atoms with van der Waals surface area (Å²) in [7, 11) is -3.77. The van der Waals surface area contributed by atoms with E-state index in [1.165, 1.54) is 11.6 Å². The molecule has 2 aliphatic rings. The largest absolute Gasteiger partial charge is 0.362 e. The number of carbonyl (C=O) groups is 1. The Morgan fingerprint density at radius 1 is 1.11 bits per heavy atom. The number of hydrogen-bond acceptors (Lipinski definition) is 4. The van der Waals surface area contributed by atoms with E-state index in [-0.39, 0.29) is 23.4 Å². The third-order valence-corrected chi connectivity index (χ3v) is 6.41. The molecule has 142 valence electrons.